The summed E-state index contributed by atoms with van der Waals surface area (Å²) in [7, 11) is 0. The highest BCUT2D eigenvalue weighted by molar-refractivity contribution is 5.65. The maximum absolute atomic E-state index is 3.47. The zero-order valence-electron chi connectivity index (χ0n) is 14.7. The Morgan fingerprint density at radius 2 is 1.88 bits per heavy atom. The Hall–Kier alpha value is -1.64. The molecular formula is C22H28N2. The van der Waals surface area contributed by atoms with E-state index in [0.717, 1.165) is 25.6 Å². The van der Waals surface area contributed by atoms with Crippen molar-refractivity contribution in [3.63, 3.8) is 0 Å². The summed E-state index contributed by atoms with van der Waals surface area (Å²) in [4.78, 5) is 2.63. The van der Waals surface area contributed by atoms with Crippen LogP contribution in [0.4, 0.5) is 0 Å². The third-order valence-corrected chi connectivity index (χ3v) is 5.76. The van der Waals surface area contributed by atoms with Crippen LogP contribution in [0, 0.1) is 0 Å². The molecule has 0 bridgehead atoms. The molecule has 2 aliphatic heterocycles. The van der Waals surface area contributed by atoms with Gasteiger partial charge in [0.25, 0.3) is 0 Å². The van der Waals surface area contributed by atoms with Crippen LogP contribution in [0.5, 0.6) is 0 Å². The molecule has 0 saturated carbocycles. The minimum Gasteiger partial charge on any atom is -0.312 e. The van der Waals surface area contributed by atoms with Crippen molar-refractivity contribution in [1.82, 2.24) is 10.2 Å². The minimum atomic E-state index is 0.772. The molecule has 0 radical (unpaired) electrons. The van der Waals surface area contributed by atoms with Crippen LogP contribution in [0.2, 0.25) is 0 Å². The van der Waals surface area contributed by atoms with Crippen LogP contribution in [0.1, 0.15) is 36.5 Å². The number of hydrogen-bond donors (Lipinski definition) is 1. The highest BCUT2D eigenvalue weighted by Gasteiger charge is 2.19. The van der Waals surface area contributed by atoms with Gasteiger partial charge in [-0.1, -0.05) is 36.4 Å². The van der Waals surface area contributed by atoms with Gasteiger partial charge in [-0.2, -0.15) is 0 Å². The first-order chi connectivity index (χ1) is 11.8. The lowest BCUT2D eigenvalue weighted by Crippen LogP contribution is -2.28. The average Bonchev–Trinajstić information content (AvgIpc) is 3.05. The molecule has 24 heavy (non-hydrogen) atoms. The Kier molecular flexibility index (Phi) is 4.68. The molecule has 2 aromatic carbocycles. The number of hydrogen-bond acceptors (Lipinski definition) is 2. The van der Waals surface area contributed by atoms with Crippen molar-refractivity contribution in [1.29, 1.82) is 0 Å². The van der Waals surface area contributed by atoms with Gasteiger partial charge in [0.15, 0.2) is 0 Å². The van der Waals surface area contributed by atoms with E-state index >= 15 is 0 Å². The number of fused-ring (bicyclic) bond motifs is 1. The molecule has 0 spiro atoms. The highest BCUT2D eigenvalue weighted by Crippen LogP contribution is 2.25. The number of nitrogens with one attached hydrogen (secondary N) is 1. The van der Waals surface area contributed by atoms with E-state index in [1.54, 1.807) is 0 Å². The van der Waals surface area contributed by atoms with Gasteiger partial charge in [-0.25, -0.2) is 0 Å². The standard InChI is InChI=1S/C22H28N2/c1-17-3-2-13-24(17)14-11-18-4-6-19(7-5-18)21-9-8-20-10-12-23-16-22(20)15-21/h4-9,15,17,23H,2-3,10-14,16H2,1H3. The topological polar surface area (TPSA) is 15.3 Å². The molecule has 0 aromatic heterocycles. The molecule has 1 atom stereocenters. The van der Waals surface area contributed by atoms with Crippen LogP contribution >= 0.6 is 0 Å². The zero-order valence-corrected chi connectivity index (χ0v) is 14.7. The van der Waals surface area contributed by atoms with Gasteiger partial charge in [0.2, 0.25) is 0 Å². The predicted molar refractivity (Wildman–Crippen MR) is 101 cm³/mol. The minimum absolute atomic E-state index is 0.772. The second-order valence-electron chi connectivity index (χ2n) is 7.38. The largest absolute Gasteiger partial charge is 0.312 e. The molecule has 2 heterocycles. The van der Waals surface area contributed by atoms with E-state index in [9.17, 15) is 0 Å². The van der Waals surface area contributed by atoms with Crippen LogP contribution in [0.3, 0.4) is 0 Å². The molecule has 2 aliphatic rings. The van der Waals surface area contributed by atoms with Gasteiger partial charge < -0.3 is 10.2 Å². The summed E-state index contributed by atoms with van der Waals surface area (Å²) in [6.45, 7) is 6.96. The fraction of sp³-hybridized carbons (Fsp3) is 0.455. The Labute approximate surface area is 145 Å². The molecule has 0 amide bonds. The first-order valence-corrected chi connectivity index (χ1v) is 9.45. The van der Waals surface area contributed by atoms with Crippen LogP contribution in [0.15, 0.2) is 42.5 Å². The van der Waals surface area contributed by atoms with E-state index in [1.165, 1.54) is 60.2 Å². The first-order valence-electron chi connectivity index (χ1n) is 9.45. The molecule has 4 rings (SSSR count). The second-order valence-corrected chi connectivity index (χ2v) is 7.38. The summed E-state index contributed by atoms with van der Waals surface area (Å²) in [5, 5.41) is 3.47. The van der Waals surface area contributed by atoms with Gasteiger partial charge in [-0.05, 0) is 79.6 Å². The van der Waals surface area contributed by atoms with Crippen LogP contribution in [0.25, 0.3) is 11.1 Å². The second kappa shape index (κ2) is 7.08. The number of likely N-dealkylation sites (tertiary alicyclic amines) is 1. The Morgan fingerprint density at radius 3 is 2.67 bits per heavy atom. The van der Waals surface area contributed by atoms with E-state index in [2.05, 4.69) is 59.6 Å². The third-order valence-electron chi connectivity index (χ3n) is 5.76. The van der Waals surface area contributed by atoms with E-state index in [1.807, 2.05) is 0 Å². The van der Waals surface area contributed by atoms with Gasteiger partial charge >= 0.3 is 0 Å². The third kappa shape index (κ3) is 3.40. The van der Waals surface area contributed by atoms with Crippen molar-refractivity contribution < 1.29 is 0 Å². The molecule has 2 nitrogen and oxygen atoms in total. The quantitative estimate of drug-likeness (QED) is 0.915. The van der Waals surface area contributed by atoms with E-state index in [-0.39, 0.29) is 0 Å². The maximum Gasteiger partial charge on any atom is 0.0208 e. The Morgan fingerprint density at radius 1 is 1.04 bits per heavy atom. The summed E-state index contributed by atoms with van der Waals surface area (Å²) in [6, 6.07) is 16.9. The smallest absolute Gasteiger partial charge is 0.0208 e. The van der Waals surface area contributed by atoms with Gasteiger partial charge in [-0.3, -0.25) is 0 Å². The number of rotatable bonds is 4. The van der Waals surface area contributed by atoms with Crippen LogP contribution < -0.4 is 5.32 Å². The Bertz CT molecular complexity index is 690. The van der Waals surface area contributed by atoms with Crippen molar-refractivity contribution in [2.75, 3.05) is 19.6 Å². The number of benzene rings is 2. The van der Waals surface area contributed by atoms with Crippen LogP contribution in [-0.4, -0.2) is 30.6 Å². The van der Waals surface area contributed by atoms with Gasteiger partial charge in [0.05, 0.1) is 0 Å². The summed E-state index contributed by atoms with van der Waals surface area (Å²) in [6.07, 6.45) is 5.06. The van der Waals surface area contributed by atoms with Crippen molar-refractivity contribution in [2.24, 2.45) is 0 Å². The molecule has 0 aliphatic carbocycles. The van der Waals surface area contributed by atoms with E-state index in [4.69, 9.17) is 0 Å². The summed E-state index contributed by atoms with van der Waals surface area (Å²) in [5.74, 6) is 0. The monoisotopic (exact) mass is 320 g/mol. The summed E-state index contributed by atoms with van der Waals surface area (Å²) in [5.41, 5.74) is 7.11. The van der Waals surface area contributed by atoms with Crippen LogP contribution in [-0.2, 0) is 19.4 Å². The van der Waals surface area contributed by atoms with E-state index in [0.29, 0.717) is 0 Å². The summed E-state index contributed by atoms with van der Waals surface area (Å²) >= 11 is 0. The van der Waals surface area contributed by atoms with Crippen molar-refractivity contribution in [3.05, 3.63) is 59.2 Å². The predicted octanol–water partition coefficient (Wildman–Crippen LogP) is 4.03. The average molecular weight is 320 g/mol. The molecule has 1 N–H and O–H groups in total. The lowest BCUT2D eigenvalue weighted by molar-refractivity contribution is 0.272. The number of nitrogens with zero attached hydrogens (tertiary/aromatic N) is 1. The molecule has 1 fully saturated rings. The molecule has 2 aromatic rings. The van der Waals surface area contributed by atoms with Crippen molar-refractivity contribution in [3.8, 4) is 11.1 Å². The molecule has 1 saturated heterocycles. The summed E-state index contributed by atoms with van der Waals surface area (Å²) < 4.78 is 0. The highest BCUT2D eigenvalue weighted by atomic mass is 15.2. The lowest BCUT2D eigenvalue weighted by Gasteiger charge is -2.20. The normalized spacial score (nSPS) is 21.0. The fourth-order valence-electron chi connectivity index (χ4n) is 4.12. The van der Waals surface area contributed by atoms with Gasteiger partial charge in [0.1, 0.15) is 0 Å². The van der Waals surface area contributed by atoms with Gasteiger partial charge in [-0.15, -0.1) is 0 Å². The molecule has 2 heteroatoms. The fourth-order valence-corrected chi connectivity index (χ4v) is 4.12. The Balaban J connectivity index is 1.43. The lowest BCUT2D eigenvalue weighted by atomic mass is 9.95. The molecule has 1 unspecified atom stereocenters. The molecular weight excluding hydrogens is 292 g/mol. The van der Waals surface area contributed by atoms with Crippen molar-refractivity contribution >= 4 is 0 Å². The zero-order chi connectivity index (χ0) is 16.4. The molecule has 126 valence electrons. The first kappa shape index (κ1) is 15.9. The maximum atomic E-state index is 3.47. The SMILES string of the molecule is CC1CCCN1CCc1ccc(-c2ccc3c(c2)CNCC3)cc1. The van der Waals surface area contributed by atoms with E-state index < -0.39 is 0 Å². The van der Waals surface area contributed by atoms with Gasteiger partial charge in [0, 0.05) is 19.1 Å². The van der Waals surface area contributed by atoms with Crippen molar-refractivity contribution in [2.45, 2.75) is 45.2 Å².